The molecule has 29 heavy (non-hydrogen) atoms. The number of aryl methyl sites for hydroxylation is 1. The van der Waals surface area contributed by atoms with Gasteiger partial charge in [0.2, 0.25) is 0 Å². The quantitative estimate of drug-likeness (QED) is 0.790. The van der Waals surface area contributed by atoms with Gasteiger partial charge in [-0.05, 0) is 67.8 Å². The first-order valence-corrected chi connectivity index (χ1v) is 10.0. The molecule has 2 aliphatic heterocycles. The second-order valence-electron chi connectivity index (χ2n) is 8.04. The third kappa shape index (κ3) is 4.28. The maximum Gasteiger partial charge on any atom is 0.253 e. The molecule has 0 bridgehead atoms. The number of carbonyl (C=O) groups is 1. The van der Waals surface area contributed by atoms with E-state index in [0.717, 1.165) is 38.2 Å². The average molecular weight is 398 g/mol. The molecule has 4 rings (SSSR count). The first kappa shape index (κ1) is 19.9. The molecule has 0 saturated carbocycles. The molecule has 0 aromatic heterocycles. The Hall–Kier alpha value is -2.44. The number of hydrogen-bond donors (Lipinski definition) is 0. The van der Waals surface area contributed by atoms with E-state index in [0.29, 0.717) is 12.2 Å². The minimum Gasteiger partial charge on any atom is -0.497 e. The molecule has 2 aromatic rings. The minimum absolute atomic E-state index is 0.0336. The summed E-state index contributed by atoms with van der Waals surface area (Å²) in [4.78, 5) is 16.5. The summed E-state index contributed by atoms with van der Waals surface area (Å²) in [5, 5.41) is 0. The standard InChI is InChI=1S/C23H27FN2O3/c1-17-11-21(28-2)8-7-18(17)13-25-10-4-9-23(15-25)16-26(22(27)14-29-23)20-6-3-5-19(24)12-20/h3,5-8,11-12H,4,9-10,13-16H2,1-2H3. The van der Waals surface area contributed by atoms with Gasteiger partial charge in [0.15, 0.2) is 0 Å². The van der Waals surface area contributed by atoms with Crippen LogP contribution in [0.25, 0.3) is 0 Å². The molecule has 2 heterocycles. The Kier molecular flexibility index (Phi) is 5.56. The van der Waals surface area contributed by atoms with Crippen molar-refractivity contribution in [2.24, 2.45) is 0 Å². The number of anilines is 1. The van der Waals surface area contributed by atoms with Crippen LogP contribution < -0.4 is 9.64 Å². The predicted molar refractivity (Wildman–Crippen MR) is 110 cm³/mol. The highest BCUT2D eigenvalue weighted by atomic mass is 19.1. The lowest BCUT2D eigenvalue weighted by Gasteiger charge is -2.47. The number of amides is 1. The van der Waals surface area contributed by atoms with Gasteiger partial charge in [-0.1, -0.05) is 12.1 Å². The number of rotatable bonds is 4. The van der Waals surface area contributed by atoms with Gasteiger partial charge in [-0.3, -0.25) is 9.69 Å². The van der Waals surface area contributed by atoms with Crippen LogP contribution in [0.2, 0.25) is 0 Å². The molecule has 2 aliphatic rings. The molecule has 1 unspecified atom stereocenters. The van der Waals surface area contributed by atoms with Gasteiger partial charge in [0.05, 0.1) is 19.3 Å². The maximum absolute atomic E-state index is 13.7. The molecule has 2 saturated heterocycles. The number of carbonyl (C=O) groups excluding carboxylic acids is 1. The van der Waals surface area contributed by atoms with Crippen LogP contribution in [-0.2, 0) is 16.1 Å². The summed E-state index contributed by atoms with van der Waals surface area (Å²) in [5.74, 6) is 0.404. The molecule has 1 spiro atoms. The summed E-state index contributed by atoms with van der Waals surface area (Å²) in [6, 6.07) is 12.4. The molecule has 0 N–H and O–H groups in total. The molecule has 2 fully saturated rings. The molecular formula is C23H27FN2O3. The molecule has 0 aliphatic carbocycles. The lowest BCUT2D eigenvalue weighted by atomic mass is 9.90. The Labute approximate surface area is 171 Å². The number of ether oxygens (including phenoxy) is 2. The van der Waals surface area contributed by atoms with Crippen molar-refractivity contribution in [3.63, 3.8) is 0 Å². The summed E-state index contributed by atoms with van der Waals surface area (Å²) in [6.45, 7) is 5.15. The normalized spacial score (nSPS) is 22.9. The Morgan fingerprint density at radius 2 is 2.07 bits per heavy atom. The van der Waals surface area contributed by atoms with Crippen LogP contribution in [0, 0.1) is 12.7 Å². The van der Waals surface area contributed by atoms with E-state index in [-0.39, 0.29) is 18.3 Å². The van der Waals surface area contributed by atoms with Gasteiger partial charge in [-0.15, -0.1) is 0 Å². The number of morpholine rings is 1. The third-order valence-corrected chi connectivity index (χ3v) is 5.93. The summed E-state index contributed by atoms with van der Waals surface area (Å²) in [5.41, 5.74) is 2.64. The zero-order valence-electron chi connectivity index (χ0n) is 17.0. The summed E-state index contributed by atoms with van der Waals surface area (Å²) < 4.78 is 25.1. The van der Waals surface area contributed by atoms with Crippen LogP contribution in [0.15, 0.2) is 42.5 Å². The number of nitrogens with zero attached hydrogens (tertiary/aromatic N) is 2. The minimum atomic E-state index is -0.418. The molecular weight excluding hydrogens is 371 g/mol. The van der Waals surface area contributed by atoms with Crippen molar-refractivity contribution in [3.05, 3.63) is 59.4 Å². The van der Waals surface area contributed by atoms with Gasteiger partial charge in [-0.25, -0.2) is 4.39 Å². The van der Waals surface area contributed by atoms with Crippen molar-refractivity contribution in [1.82, 2.24) is 4.90 Å². The van der Waals surface area contributed by atoms with Crippen molar-refractivity contribution in [1.29, 1.82) is 0 Å². The first-order chi connectivity index (χ1) is 14.0. The number of methoxy groups -OCH3 is 1. The lowest BCUT2D eigenvalue weighted by molar-refractivity contribution is -0.146. The van der Waals surface area contributed by atoms with Gasteiger partial charge >= 0.3 is 0 Å². The van der Waals surface area contributed by atoms with E-state index in [1.54, 1.807) is 24.1 Å². The van der Waals surface area contributed by atoms with Crippen LogP contribution in [0.3, 0.4) is 0 Å². The van der Waals surface area contributed by atoms with E-state index in [2.05, 4.69) is 24.0 Å². The van der Waals surface area contributed by atoms with Crippen LogP contribution in [-0.4, -0.2) is 49.8 Å². The number of benzene rings is 2. The Morgan fingerprint density at radius 3 is 2.83 bits per heavy atom. The molecule has 0 radical (unpaired) electrons. The molecule has 2 aromatic carbocycles. The molecule has 1 atom stereocenters. The van der Waals surface area contributed by atoms with Crippen molar-refractivity contribution >= 4 is 11.6 Å². The number of piperidine rings is 1. The predicted octanol–water partition coefficient (Wildman–Crippen LogP) is 3.54. The molecule has 5 nitrogen and oxygen atoms in total. The fraction of sp³-hybridized carbons (Fsp3) is 0.435. The molecule has 6 heteroatoms. The largest absolute Gasteiger partial charge is 0.497 e. The molecule has 154 valence electrons. The van der Waals surface area contributed by atoms with E-state index in [4.69, 9.17) is 9.47 Å². The van der Waals surface area contributed by atoms with Gasteiger partial charge in [0, 0.05) is 18.8 Å². The van der Waals surface area contributed by atoms with Crippen LogP contribution >= 0.6 is 0 Å². The number of likely N-dealkylation sites (tertiary alicyclic amines) is 1. The van der Waals surface area contributed by atoms with Crippen LogP contribution in [0.4, 0.5) is 10.1 Å². The summed E-state index contributed by atoms with van der Waals surface area (Å²) >= 11 is 0. The average Bonchev–Trinajstić information content (AvgIpc) is 2.72. The SMILES string of the molecule is COc1ccc(CN2CCCC3(C2)CN(c2cccc(F)c2)C(=O)CO3)c(C)c1. The van der Waals surface area contributed by atoms with Gasteiger partial charge in [0.1, 0.15) is 18.2 Å². The molecule has 1 amide bonds. The van der Waals surface area contributed by atoms with Crippen molar-refractivity contribution in [2.45, 2.75) is 31.9 Å². The highest BCUT2D eigenvalue weighted by molar-refractivity contribution is 5.95. The fourth-order valence-corrected chi connectivity index (χ4v) is 4.38. The zero-order valence-corrected chi connectivity index (χ0v) is 17.0. The number of halogens is 1. The Morgan fingerprint density at radius 1 is 1.21 bits per heavy atom. The maximum atomic E-state index is 13.7. The lowest BCUT2D eigenvalue weighted by Crippen LogP contribution is -2.61. The van der Waals surface area contributed by atoms with Crippen molar-refractivity contribution < 1.29 is 18.7 Å². The van der Waals surface area contributed by atoms with Gasteiger partial charge in [-0.2, -0.15) is 0 Å². The second kappa shape index (κ2) is 8.13. The first-order valence-electron chi connectivity index (χ1n) is 10.0. The van der Waals surface area contributed by atoms with E-state index >= 15 is 0 Å². The van der Waals surface area contributed by atoms with Gasteiger partial charge in [0.25, 0.3) is 5.91 Å². The van der Waals surface area contributed by atoms with E-state index < -0.39 is 5.60 Å². The zero-order chi connectivity index (χ0) is 20.4. The Bertz CT molecular complexity index is 903. The summed E-state index contributed by atoms with van der Waals surface area (Å²) in [7, 11) is 1.68. The topological polar surface area (TPSA) is 42.0 Å². The van der Waals surface area contributed by atoms with Crippen molar-refractivity contribution in [3.8, 4) is 5.75 Å². The van der Waals surface area contributed by atoms with E-state index in [1.807, 2.05) is 6.07 Å². The van der Waals surface area contributed by atoms with Crippen molar-refractivity contribution in [2.75, 3.05) is 38.3 Å². The monoisotopic (exact) mass is 398 g/mol. The fourth-order valence-electron chi connectivity index (χ4n) is 4.38. The van der Waals surface area contributed by atoms with E-state index in [1.165, 1.54) is 23.3 Å². The third-order valence-electron chi connectivity index (χ3n) is 5.93. The number of hydrogen-bond acceptors (Lipinski definition) is 4. The Balaban J connectivity index is 1.50. The van der Waals surface area contributed by atoms with Crippen LogP contribution in [0.5, 0.6) is 5.75 Å². The second-order valence-corrected chi connectivity index (χ2v) is 8.04. The highest BCUT2D eigenvalue weighted by Gasteiger charge is 2.43. The smallest absolute Gasteiger partial charge is 0.253 e. The van der Waals surface area contributed by atoms with Gasteiger partial charge < -0.3 is 14.4 Å². The van der Waals surface area contributed by atoms with Crippen LogP contribution in [0.1, 0.15) is 24.0 Å². The summed E-state index contributed by atoms with van der Waals surface area (Å²) in [6.07, 6.45) is 1.89. The van der Waals surface area contributed by atoms with E-state index in [9.17, 15) is 9.18 Å². The highest BCUT2D eigenvalue weighted by Crippen LogP contribution is 2.33.